The number of esters is 1. The highest BCUT2D eigenvalue weighted by Crippen LogP contribution is 2.31. The molecule has 0 radical (unpaired) electrons. The first-order valence-electron chi connectivity index (χ1n) is 9.10. The van der Waals surface area contributed by atoms with Crippen molar-refractivity contribution in [3.8, 4) is 16.9 Å². The molecule has 0 aliphatic heterocycles. The Kier molecular flexibility index (Phi) is 7.58. The van der Waals surface area contributed by atoms with Crippen LogP contribution in [0, 0.1) is 0 Å². The van der Waals surface area contributed by atoms with E-state index >= 15 is 0 Å². The van der Waals surface area contributed by atoms with Gasteiger partial charge < -0.3 is 14.4 Å². The summed E-state index contributed by atoms with van der Waals surface area (Å²) in [6, 6.07) is 13.3. The number of amides is 1. The average molecular weight is 384 g/mol. The van der Waals surface area contributed by atoms with Crippen LogP contribution in [-0.4, -0.2) is 70.1 Å². The number of methoxy groups -OCH3 is 2. The zero-order valence-corrected chi connectivity index (χ0v) is 17.2. The lowest BCUT2D eigenvalue weighted by molar-refractivity contribution is -0.129. The zero-order chi connectivity index (χ0) is 20.7. The van der Waals surface area contributed by atoms with E-state index in [1.165, 1.54) is 7.11 Å². The van der Waals surface area contributed by atoms with Gasteiger partial charge in [0, 0.05) is 26.2 Å². The zero-order valence-electron chi connectivity index (χ0n) is 17.2. The Morgan fingerprint density at radius 2 is 1.64 bits per heavy atom. The molecule has 0 fully saturated rings. The molecule has 2 aromatic carbocycles. The number of likely N-dealkylation sites (N-methyl/N-ethyl adjacent to an activating group) is 2. The summed E-state index contributed by atoms with van der Waals surface area (Å²) >= 11 is 0. The van der Waals surface area contributed by atoms with E-state index in [1.54, 1.807) is 38.2 Å². The number of hydrogen-bond donors (Lipinski definition) is 0. The summed E-state index contributed by atoms with van der Waals surface area (Å²) in [5.74, 6) is 0.506. The van der Waals surface area contributed by atoms with Gasteiger partial charge in [0.2, 0.25) is 5.91 Å². The van der Waals surface area contributed by atoms with E-state index in [9.17, 15) is 9.59 Å². The van der Waals surface area contributed by atoms with Crippen LogP contribution < -0.4 is 4.74 Å². The van der Waals surface area contributed by atoms with E-state index in [2.05, 4.69) is 6.07 Å². The standard InChI is InChI=1S/C22H28N2O4/c1-23(2)21(25)15-24(3)13-12-16-6-11-19(20(14-16)27-4)17-7-9-18(10-8-17)22(26)28-5/h6-11,14H,12-13,15H2,1-5H3. The predicted octanol–water partition coefficient (Wildman–Crippen LogP) is 2.71. The van der Waals surface area contributed by atoms with Crippen LogP contribution in [-0.2, 0) is 16.0 Å². The molecule has 28 heavy (non-hydrogen) atoms. The third kappa shape index (κ3) is 5.57. The molecule has 2 aromatic rings. The number of hydrogen-bond acceptors (Lipinski definition) is 5. The minimum Gasteiger partial charge on any atom is -0.496 e. The minimum absolute atomic E-state index is 0.0887. The van der Waals surface area contributed by atoms with E-state index in [0.717, 1.165) is 35.4 Å². The van der Waals surface area contributed by atoms with Gasteiger partial charge in [-0.25, -0.2) is 4.79 Å². The van der Waals surface area contributed by atoms with E-state index in [-0.39, 0.29) is 11.9 Å². The van der Waals surface area contributed by atoms with Crippen molar-refractivity contribution in [3.63, 3.8) is 0 Å². The van der Waals surface area contributed by atoms with E-state index in [4.69, 9.17) is 9.47 Å². The number of rotatable bonds is 8. The SMILES string of the molecule is COC(=O)c1ccc(-c2ccc(CCN(C)CC(=O)N(C)C)cc2OC)cc1. The molecule has 0 unspecified atom stereocenters. The van der Waals surface area contributed by atoms with Gasteiger partial charge in [-0.1, -0.05) is 24.3 Å². The smallest absolute Gasteiger partial charge is 0.337 e. The van der Waals surface area contributed by atoms with E-state index in [0.29, 0.717) is 12.1 Å². The first-order chi connectivity index (χ1) is 13.3. The van der Waals surface area contributed by atoms with Gasteiger partial charge in [-0.05, 0) is 42.8 Å². The molecule has 0 atom stereocenters. The Morgan fingerprint density at radius 3 is 2.21 bits per heavy atom. The molecule has 0 saturated heterocycles. The van der Waals surface area contributed by atoms with Crippen LogP contribution in [0.15, 0.2) is 42.5 Å². The topological polar surface area (TPSA) is 59.1 Å². The molecule has 0 saturated carbocycles. The molecule has 0 bridgehead atoms. The second-order valence-electron chi connectivity index (χ2n) is 6.88. The lowest BCUT2D eigenvalue weighted by atomic mass is 10.00. The highest BCUT2D eigenvalue weighted by Gasteiger charge is 2.11. The summed E-state index contributed by atoms with van der Waals surface area (Å²) in [5.41, 5.74) is 3.57. The van der Waals surface area contributed by atoms with Crippen molar-refractivity contribution in [2.45, 2.75) is 6.42 Å². The number of benzene rings is 2. The van der Waals surface area contributed by atoms with Crippen LogP contribution in [0.2, 0.25) is 0 Å². The molecule has 150 valence electrons. The largest absolute Gasteiger partial charge is 0.496 e. The van der Waals surface area contributed by atoms with E-state index in [1.807, 2.05) is 36.2 Å². The van der Waals surface area contributed by atoms with Crippen molar-refractivity contribution in [1.29, 1.82) is 0 Å². The fourth-order valence-corrected chi connectivity index (χ4v) is 2.80. The highest BCUT2D eigenvalue weighted by molar-refractivity contribution is 5.90. The Morgan fingerprint density at radius 1 is 0.964 bits per heavy atom. The average Bonchev–Trinajstić information content (AvgIpc) is 2.71. The summed E-state index contributed by atoms with van der Waals surface area (Å²) in [4.78, 5) is 27.0. The van der Waals surface area contributed by atoms with Crippen molar-refractivity contribution < 1.29 is 19.1 Å². The van der Waals surface area contributed by atoms with Gasteiger partial charge in [-0.15, -0.1) is 0 Å². The van der Waals surface area contributed by atoms with Gasteiger partial charge in [0.1, 0.15) is 5.75 Å². The Labute approximate surface area is 166 Å². The van der Waals surface area contributed by atoms with Crippen LogP contribution in [0.3, 0.4) is 0 Å². The molecule has 0 aliphatic rings. The summed E-state index contributed by atoms with van der Waals surface area (Å²) in [5, 5.41) is 0. The molecule has 0 heterocycles. The maximum atomic E-state index is 11.8. The predicted molar refractivity (Wildman–Crippen MR) is 110 cm³/mol. The molecular formula is C22H28N2O4. The normalized spacial score (nSPS) is 10.6. The first kappa shape index (κ1) is 21.4. The van der Waals surface area contributed by atoms with Crippen molar-refractivity contribution in [2.24, 2.45) is 0 Å². The number of carbonyl (C=O) groups excluding carboxylic acids is 2. The van der Waals surface area contributed by atoms with Crippen LogP contribution in [0.5, 0.6) is 5.75 Å². The second kappa shape index (κ2) is 9.90. The van der Waals surface area contributed by atoms with Gasteiger partial charge in [0.05, 0.1) is 26.3 Å². The van der Waals surface area contributed by atoms with E-state index < -0.39 is 0 Å². The van der Waals surface area contributed by atoms with Crippen molar-refractivity contribution in [3.05, 3.63) is 53.6 Å². The molecule has 6 nitrogen and oxygen atoms in total. The minimum atomic E-state index is -0.356. The maximum Gasteiger partial charge on any atom is 0.337 e. The lowest BCUT2D eigenvalue weighted by Gasteiger charge is -2.19. The van der Waals surface area contributed by atoms with Crippen LogP contribution in [0.4, 0.5) is 0 Å². The molecule has 0 aromatic heterocycles. The summed E-state index contributed by atoms with van der Waals surface area (Å²) in [7, 11) is 8.48. The fourth-order valence-electron chi connectivity index (χ4n) is 2.80. The van der Waals surface area contributed by atoms with Gasteiger partial charge in [0.15, 0.2) is 0 Å². The summed E-state index contributed by atoms with van der Waals surface area (Å²) in [6.45, 7) is 1.17. The van der Waals surface area contributed by atoms with Crippen LogP contribution in [0.1, 0.15) is 15.9 Å². The van der Waals surface area contributed by atoms with Crippen LogP contribution in [0.25, 0.3) is 11.1 Å². The summed E-state index contributed by atoms with van der Waals surface area (Å²) in [6.07, 6.45) is 0.815. The second-order valence-corrected chi connectivity index (χ2v) is 6.88. The third-order valence-electron chi connectivity index (χ3n) is 4.57. The first-order valence-corrected chi connectivity index (χ1v) is 9.10. The lowest BCUT2D eigenvalue weighted by Crippen LogP contribution is -2.35. The molecule has 2 rings (SSSR count). The molecule has 0 N–H and O–H groups in total. The molecule has 0 spiro atoms. The fraction of sp³-hybridized carbons (Fsp3) is 0.364. The van der Waals surface area contributed by atoms with Gasteiger partial charge in [-0.3, -0.25) is 9.69 Å². The summed E-state index contributed by atoms with van der Waals surface area (Å²) < 4.78 is 10.3. The Balaban J connectivity index is 2.09. The quantitative estimate of drug-likeness (QED) is 0.655. The number of nitrogens with zero attached hydrogens (tertiary/aromatic N) is 2. The van der Waals surface area contributed by atoms with Crippen LogP contribution >= 0.6 is 0 Å². The molecule has 6 heteroatoms. The van der Waals surface area contributed by atoms with Gasteiger partial charge in [0.25, 0.3) is 0 Å². The molecule has 1 amide bonds. The third-order valence-corrected chi connectivity index (χ3v) is 4.57. The maximum absolute atomic E-state index is 11.8. The highest BCUT2D eigenvalue weighted by atomic mass is 16.5. The number of carbonyl (C=O) groups is 2. The monoisotopic (exact) mass is 384 g/mol. The van der Waals surface area contributed by atoms with Crippen molar-refractivity contribution in [2.75, 3.05) is 48.5 Å². The van der Waals surface area contributed by atoms with Crippen molar-refractivity contribution in [1.82, 2.24) is 9.80 Å². The van der Waals surface area contributed by atoms with Crippen molar-refractivity contribution >= 4 is 11.9 Å². The van der Waals surface area contributed by atoms with Gasteiger partial charge in [-0.2, -0.15) is 0 Å². The Bertz CT molecular complexity index is 816. The number of ether oxygens (including phenoxy) is 2. The van der Waals surface area contributed by atoms with Gasteiger partial charge >= 0.3 is 5.97 Å². The molecular weight excluding hydrogens is 356 g/mol. The Hall–Kier alpha value is -2.86. The molecule has 0 aliphatic carbocycles.